The molecule has 3 rings (SSSR count). The number of amides is 2. The van der Waals surface area contributed by atoms with Gasteiger partial charge in [0.05, 0.1) is 10.6 Å². The third-order valence-corrected chi connectivity index (χ3v) is 8.65. The van der Waals surface area contributed by atoms with Crippen LogP contribution in [0.3, 0.4) is 0 Å². The van der Waals surface area contributed by atoms with Gasteiger partial charge in [-0.1, -0.05) is 72.6 Å². The van der Waals surface area contributed by atoms with E-state index in [4.69, 9.17) is 0 Å². The fourth-order valence-corrected chi connectivity index (χ4v) is 5.76. The molecule has 0 unspecified atom stereocenters. The van der Waals surface area contributed by atoms with Crippen LogP contribution >= 0.6 is 0 Å². The average molecular weight is 550 g/mol. The Morgan fingerprint density at radius 2 is 1.49 bits per heavy atom. The van der Waals surface area contributed by atoms with Crippen LogP contribution < -0.4 is 9.62 Å². The van der Waals surface area contributed by atoms with E-state index < -0.39 is 28.5 Å². The van der Waals surface area contributed by atoms with E-state index in [0.717, 1.165) is 33.0 Å². The summed E-state index contributed by atoms with van der Waals surface area (Å²) in [5.74, 6) is -0.754. The summed E-state index contributed by atoms with van der Waals surface area (Å²) in [5, 5.41) is 2.95. The highest BCUT2D eigenvalue weighted by Crippen LogP contribution is 2.28. The molecule has 39 heavy (non-hydrogen) atoms. The largest absolute Gasteiger partial charge is 0.352 e. The molecule has 8 heteroatoms. The molecule has 0 aromatic heterocycles. The number of anilines is 1. The number of sulfonamides is 1. The van der Waals surface area contributed by atoms with Crippen molar-refractivity contribution in [1.29, 1.82) is 0 Å². The molecule has 0 aliphatic rings. The van der Waals surface area contributed by atoms with Crippen LogP contribution in [0.2, 0.25) is 0 Å². The molecule has 0 aliphatic heterocycles. The number of rotatable bonds is 11. The van der Waals surface area contributed by atoms with Crippen LogP contribution in [0.25, 0.3) is 0 Å². The van der Waals surface area contributed by atoms with E-state index in [0.29, 0.717) is 5.69 Å². The SMILES string of the molecule is CC[C@@H](C)NC(=O)[C@H](C)N(Cc1ccc(C)cc1)C(=O)CN(c1ccc(C)cc1C)S(=O)(=O)c1ccccc1. The van der Waals surface area contributed by atoms with Gasteiger partial charge in [-0.2, -0.15) is 0 Å². The summed E-state index contributed by atoms with van der Waals surface area (Å²) in [4.78, 5) is 28.7. The van der Waals surface area contributed by atoms with Gasteiger partial charge in [0, 0.05) is 12.6 Å². The molecular formula is C31H39N3O4S. The lowest BCUT2D eigenvalue weighted by Gasteiger charge is -2.33. The van der Waals surface area contributed by atoms with Crippen molar-refractivity contribution in [2.24, 2.45) is 0 Å². The van der Waals surface area contributed by atoms with E-state index in [9.17, 15) is 18.0 Å². The highest BCUT2D eigenvalue weighted by Gasteiger charge is 2.33. The van der Waals surface area contributed by atoms with Gasteiger partial charge in [0.1, 0.15) is 12.6 Å². The molecule has 0 bridgehead atoms. The zero-order valence-electron chi connectivity index (χ0n) is 23.6. The van der Waals surface area contributed by atoms with Crippen molar-refractivity contribution in [3.8, 4) is 0 Å². The zero-order chi connectivity index (χ0) is 28.7. The molecule has 0 saturated heterocycles. The Bertz CT molecular complexity index is 1390. The van der Waals surface area contributed by atoms with Crippen LogP contribution in [-0.2, 0) is 26.2 Å². The summed E-state index contributed by atoms with van der Waals surface area (Å²) in [6.07, 6.45) is 0.750. The monoisotopic (exact) mass is 549 g/mol. The summed E-state index contributed by atoms with van der Waals surface area (Å²) in [5.41, 5.74) is 4.06. The van der Waals surface area contributed by atoms with E-state index in [1.165, 1.54) is 17.0 Å². The second-order valence-corrected chi connectivity index (χ2v) is 12.0. The normalized spacial score (nSPS) is 12.9. The molecule has 0 spiro atoms. The highest BCUT2D eigenvalue weighted by atomic mass is 32.2. The predicted octanol–water partition coefficient (Wildman–Crippen LogP) is 5.14. The van der Waals surface area contributed by atoms with Crippen LogP contribution in [0, 0.1) is 20.8 Å². The van der Waals surface area contributed by atoms with Crippen molar-refractivity contribution in [2.45, 2.75) is 71.5 Å². The van der Waals surface area contributed by atoms with Crippen LogP contribution in [0.1, 0.15) is 49.4 Å². The third kappa shape index (κ3) is 7.47. The van der Waals surface area contributed by atoms with E-state index in [-0.39, 0.29) is 23.4 Å². The highest BCUT2D eigenvalue weighted by molar-refractivity contribution is 7.92. The summed E-state index contributed by atoms with van der Waals surface area (Å²) in [6, 6.07) is 20.4. The molecular weight excluding hydrogens is 510 g/mol. The van der Waals surface area contributed by atoms with Crippen molar-refractivity contribution < 1.29 is 18.0 Å². The third-order valence-electron chi connectivity index (χ3n) is 6.87. The first-order valence-electron chi connectivity index (χ1n) is 13.2. The maximum Gasteiger partial charge on any atom is 0.264 e. The molecule has 3 aromatic carbocycles. The van der Waals surface area contributed by atoms with Gasteiger partial charge in [-0.3, -0.25) is 13.9 Å². The standard InChI is InChI=1S/C31H39N3O4S/c1-7-25(5)32-31(36)26(6)33(20-27-16-13-22(2)14-17-27)30(35)21-34(29-18-15-23(3)19-24(29)4)39(37,38)28-11-9-8-10-12-28/h8-19,25-26H,7,20-21H2,1-6H3,(H,32,36)/t25-,26+/m1/s1. The Morgan fingerprint density at radius 3 is 2.08 bits per heavy atom. The second-order valence-electron chi connectivity index (χ2n) is 10.1. The van der Waals surface area contributed by atoms with Crippen molar-refractivity contribution in [2.75, 3.05) is 10.8 Å². The van der Waals surface area contributed by atoms with Crippen LogP contribution in [0.5, 0.6) is 0 Å². The molecule has 2 atom stereocenters. The minimum Gasteiger partial charge on any atom is -0.352 e. The smallest absolute Gasteiger partial charge is 0.264 e. The van der Waals surface area contributed by atoms with E-state index >= 15 is 0 Å². The topological polar surface area (TPSA) is 86.8 Å². The number of carbonyl (C=O) groups is 2. The molecule has 1 N–H and O–H groups in total. The lowest BCUT2D eigenvalue weighted by molar-refractivity contribution is -0.139. The quantitative estimate of drug-likeness (QED) is 0.359. The van der Waals surface area contributed by atoms with Crippen molar-refractivity contribution in [1.82, 2.24) is 10.2 Å². The fourth-order valence-electron chi connectivity index (χ4n) is 4.26. The van der Waals surface area contributed by atoms with Crippen molar-refractivity contribution in [3.05, 3.63) is 95.1 Å². The Hall–Kier alpha value is -3.65. The molecule has 2 amide bonds. The molecule has 0 saturated carbocycles. The van der Waals surface area contributed by atoms with Gasteiger partial charge in [0.2, 0.25) is 11.8 Å². The number of benzene rings is 3. The van der Waals surface area contributed by atoms with Gasteiger partial charge < -0.3 is 10.2 Å². The number of aryl methyl sites for hydroxylation is 3. The number of hydrogen-bond donors (Lipinski definition) is 1. The maximum atomic E-state index is 14.0. The van der Waals surface area contributed by atoms with Gasteiger partial charge in [-0.25, -0.2) is 8.42 Å². The van der Waals surface area contributed by atoms with E-state index in [1.54, 1.807) is 31.2 Å². The summed E-state index contributed by atoms with van der Waals surface area (Å²) < 4.78 is 28.9. The summed E-state index contributed by atoms with van der Waals surface area (Å²) >= 11 is 0. The molecule has 3 aromatic rings. The van der Waals surface area contributed by atoms with Crippen LogP contribution in [0.15, 0.2) is 77.7 Å². The first kappa shape index (κ1) is 29.9. The van der Waals surface area contributed by atoms with Crippen molar-refractivity contribution >= 4 is 27.5 Å². The molecule has 0 heterocycles. The zero-order valence-corrected chi connectivity index (χ0v) is 24.5. The van der Waals surface area contributed by atoms with Gasteiger partial charge in [-0.15, -0.1) is 0 Å². The molecule has 0 fully saturated rings. The van der Waals surface area contributed by atoms with Crippen molar-refractivity contribution in [3.63, 3.8) is 0 Å². The van der Waals surface area contributed by atoms with Gasteiger partial charge >= 0.3 is 0 Å². The van der Waals surface area contributed by atoms with Crippen LogP contribution in [-0.4, -0.2) is 43.8 Å². The second kappa shape index (κ2) is 12.9. The minimum absolute atomic E-state index is 0.0542. The average Bonchev–Trinajstić information content (AvgIpc) is 2.91. The molecule has 7 nitrogen and oxygen atoms in total. The molecule has 0 aliphatic carbocycles. The van der Waals surface area contributed by atoms with E-state index in [1.807, 2.05) is 71.0 Å². The van der Waals surface area contributed by atoms with Gasteiger partial charge in [0.15, 0.2) is 0 Å². The van der Waals surface area contributed by atoms with Gasteiger partial charge in [-0.05, 0) is 70.4 Å². The Morgan fingerprint density at radius 1 is 0.872 bits per heavy atom. The Labute approximate surface area is 232 Å². The number of nitrogens with one attached hydrogen (secondary N) is 1. The maximum absolute atomic E-state index is 14.0. The lowest BCUT2D eigenvalue weighted by Crippen LogP contribution is -2.52. The lowest BCUT2D eigenvalue weighted by atomic mass is 10.1. The van der Waals surface area contributed by atoms with E-state index in [2.05, 4.69) is 5.32 Å². The number of carbonyl (C=O) groups excluding carboxylic acids is 2. The first-order valence-corrected chi connectivity index (χ1v) is 14.7. The minimum atomic E-state index is -4.08. The number of hydrogen-bond acceptors (Lipinski definition) is 4. The Balaban J connectivity index is 2.04. The number of nitrogens with zero attached hydrogens (tertiary/aromatic N) is 2. The first-order chi connectivity index (χ1) is 18.4. The molecule has 0 radical (unpaired) electrons. The van der Waals surface area contributed by atoms with Crippen LogP contribution in [0.4, 0.5) is 5.69 Å². The predicted molar refractivity (Wildman–Crippen MR) is 156 cm³/mol. The Kier molecular flexibility index (Phi) is 9.92. The molecule has 208 valence electrons. The summed E-state index contributed by atoms with van der Waals surface area (Å²) in [6.45, 7) is 11.0. The van der Waals surface area contributed by atoms with Gasteiger partial charge in [0.25, 0.3) is 10.0 Å². The fraction of sp³-hybridized carbons (Fsp3) is 0.355. The summed E-state index contributed by atoms with van der Waals surface area (Å²) in [7, 11) is -4.08.